The number of ether oxygens (including phenoxy) is 2. The third-order valence-corrected chi connectivity index (χ3v) is 4.07. The average molecular weight is 338 g/mol. The maximum absolute atomic E-state index is 5.62. The molecule has 0 fully saturated rings. The van der Waals surface area contributed by atoms with E-state index in [2.05, 4.69) is 28.2 Å². The molecule has 5 heteroatoms. The third kappa shape index (κ3) is 2.69. The van der Waals surface area contributed by atoms with E-state index in [-0.39, 0.29) is 6.04 Å². The molecule has 1 unspecified atom stereocenters. The molecule has 0 bridgehead atoms. The number of benzene rings is 1. The minimum absolute atomic E-state index is 0.154. The molecule has 2 heterocycles. The van der Waals surface area contributed by atoms with Gasteiger partial charge in [-0.25, -0.2) is 0 Å². The molecule has 2 aromatic rings. The van der Waals surface area contributed by atoms with Crippen molar-refractivity contribution in [1.82, 2.24) is 5.32 Å². The van der Waals surface area contributed by atoms with E-state index in [1.807, 2.05) is 31.2 Å². The Bertz CT molecular complexity index is 624. The summed E-state index contributed by atoms with van der Waals surface area (Å²) in [6.07, 6.45) is 0. The molecule has 1 aliphatic rings. The number of furan rings is 1. The molecular formula is C15H16BrNO3. The Hall–Kier alpha value is -1.46. The molecule has 4 nitrogen and oxygen atoms in total. The molecule has 1 atom stereocenters. The molecule has 1 aromatic heterocycles. The zero-order valence-electron chi connectivity index (χ0n) is 11.4. The molecule has 0 saturated carbocycles. The molecule has 3 rings (SSSR count). The first-order valence-electron chi connectivity index (χ1n) is 6.51. The van der Waals surface area contributed by atoms with Crippen LogP contribution in [0.3, 0.4) is 0 Å². The van der Waals surface area contributed by atoms with E-state index in [0.717, 1.165) is 39.6 Å². The van der Waals surface area contributed by atoms with Crippen molar-refractivity contribution < 1.29 is 13.9 Å². The molecule has 0 radical (unpaired) electrons. The minimum atomic E-state index is 0.154. The van der Waals surface area contributed by atoms with Crippen molar-refractivity contribution in [2.45, 2.75) is 26.4 Å². The molecular weight excluding hydrogens is 322 g/mol. The van der Waals surface area contributed by atoms with E-state index in [9.17, 15) is 0 Å². The number of fused-ring (bicyclic) bond motifs is 1. The minimum Gasteiger partial charge on any atom is -0.465 e. The highest BCUT2D eigenvalue weighted by atomic mass is 79.9. The second-order valence-electron chi connectivity index (χ2n) is 4.85. The van der Waals surface area contributed by atoms with Gasteiger partial charge >= 0.3 is 0 Å². The van der Waals surface area contributed by atoms with Gasteiger partial charge in [-0.1, -0.05) is 15.9 Å². The van der Waals surface area contributed by atoms with Crippen LogP contribution in [0.2, 0.25) is 0 Å². The summed E-state index contributed by atoms with van der Waals surface area (Å²) in [5.41, 5.74) is 1.13. The van der Waals surface area contributed by atoms with Crippen LogP contribution in [0, 0.1) is 6.92 Å². The van der Waals surface area contributed by atoms with Crippen LogP contribution < -0.4 is 14.8 Å². The van der Waals surface area contributed by atoms with Gasteiger partial charge in [-0.2, -0.15) is 0 Å². The fourth-order valence-corrected chi connectivity index (χ4v) is 2.61. The van der Waals surface area contributed by atoms with Gasteiger partial charge in [-0.15, -0.1) is 0 Å². The van der Waals surface area contributed by atoms with E-state index in [4.69, 9.17) is 13.9 Å². The largest absolute Gasteiger partial charge is 0.465 e. The van der Waals surface area contributed by atoms with Crippen molar-refractivity contribution in [3.05, 3.63) is 45.8 Å². The number of rotatable bonds is 4. The predicted molar refractivity (Wildman–Crippen MR) is 79.0 cm³/mol. The quantitative estimate of drug-likeness (QED) is 0.917. The number of aryl methyl sites for hydroxylation is 1. The van der Waals surface area contributed by atoms with Gasteiger partial charge in [0.1, 0.15) is 11.5 Å². The van der Waals surface area contributed by atoms with Gasteiger partial charge < -0.3 is 19.2 Å². The topological polar surface area (TPSA) is 43.6 Å². The van der Waals surface area contributed by atoms with E-state index in [1.165, 1.54) is 0 Å². The van der Waals surface area contributed by atoms with Crippen LogP contribution in [0.4, 0.5) is 0 Å². The molecule has 0 aliphatic carbocycles. The summed E-state index contributed by atoms with van der Waals surface area (Å²) < 4.78 is 17.4. The smallest absolute Gasteiger partial charge is 0.231 e. The Labute approximate surface area is 126 Å². The van der Waals surface area contributed by atoms with Gasteiger partial charge in [0.05, 0.1) is 6.04 Å². The third-order valence-electron chi connectivity index (χ3n) is 3.33. The number of hydrogen-bond acceptors (Lipinski definition) is 4. The van der Waals surface area contributed by atoms with Gasteiger partial charge in [-0.3, -0.25) is 0 Å². The molecule has 1 N–H and O–H groups in total. The average Bonchev–Trinajstić information content (AvgIpc) is 3.04. The maximum atomic E-state index is 5.62. The molecule has 106 valence electrons. The van der Waals surface area contributed by atoms with Crippen molar-refractivity contribution in [2.75, 3.05) is 6.79 Å². The monoisotopic (exact) mass is 337 g/mol. The van der Waals surface area contributed by atoms with Gasteiger partial charge in [0.15, 0.2) is 11.5 Å². The van der Waals surface area contributed by atoms with Crippen LogP contribution in [0.1, 0.15) is 30.0 Å². The molecule has 1 aliphatic heterocycles. The highest BCUT2D eigenvalue weighted by Crippen LogP contribution is 2.37. The van der Waals surface area contributed by atoms with Crippen LogP contribution in [0.25, 0.3) is 0 Å². The first kappa shape index (κ1) is 13.5. The van der Waals surface area contributed by atoms with E-state index >= 15 is 0 Å². The van der Waals surface area contributed by atoms with Crippen molar-refractivity contribution in [3.63, 3.8) is 0 Å². The fraction of sp³-hybridized carbons (Fsp3) is 0.333. The highest BCUT2D eigenvalue weighted by Gasteiger charge is 2.17. The van der Waals surface area contributed by atoms with Crippen molar-refractivity contribution in [1.29, 1.82) is 0 Å². The van der Waals surface area contributed by atoms with Gasteiger partial charge in [-0.05, 0) is 43.7 Å². The Morgan fingerprint density at radius 1 is 1.25 bits per heavy atom. The van der Waals surface area contributed by atoms with Crippen LogP contribution in [0.15, 0.2) is 33.2 Å². The van der Waals surface area contributed by atoms with Gasteiger partial charge in [0.2, 0.25) is 6.79 Å². The second-order valence-corrected chi connectivity index (χ2v) is 5.70. The summed E-state index contributed by atoms with van der Waals surface area (Å²) in [5, 5.41) is 3.44. The van der Waals surface area contributed by atoms with E-state index in [1.54, 1.807) is 0 Å². The Morgan fingerprint density at radius 3 is 2.70 bits per heavy atom. The summed E-state index contributed by atoms with van der Waals surface area (Å²) in [7, 11) is 0. The molecule has 1 aromatic carbocycles. The second kappa shape index (κ2) is 5.50. The van der Waals surface area contributed by atoms with Crippen LogP contribution >= 0.6 is 15.9 Å². The normalized spacial score (nSPS) is 14.6. The predicted octanol–water partition coefficient (Wildman–Crippen LogP) is 3.93. The van der Waals surface area contributed by atoms with Gasteiger partial charge in [0, 0.05) is 11.0 Å². The SMILES string of the molecule is Cc1ccc(C(C)NCc2cc3c(cc2Br)OCO3)o1. The maximum Gasteiger partial charge on any atom is 0.231 e. The van der Waals surface area contributed by atoms with Crippen molar-refractivity contribution >= 4 is 15.9 Å². The summed E-state index contributed by atoms with van der Waals surface area (Å²) in [5.74, 6) is 3.46. The molecule has 0 saturated heterocycles. The first-order chi connectivity index (χ1) is 9.63. The molecule has 0 spiro atoms. The van der Waals surface area contributed by atoms with Crippen molar-refractivity contribution in [3.8, 4) is 11.5 Å². The lowest BCUT2D eigenvalue weighted by molar-refractivity contribution is 0.174. The number of hydrogen-bond donors (Lipinski definition) is 1. The molecule has 20 heavy (non-hydrogen) atoms. The van der Waals surface area contributed by atoms with Crippen LogP contribution in [-0.4, -0.2) is 6.79 Å². The lowest BCUT2D eigenvalue weighted by Gasteiger charge is -2.13. The highest BCUT2D eigenvalue weighted by molar-refractivity contribution is 9.10. The Balaban J connectivity index is 1.69. The van der Waals surface area contributed by atoms with Crippen molar-refractivity contribution in [2.24, 2.45) is 0 Å². The number of halogens is 1. The lowest BCUT2D eigenvalue weighted by Crippen LogP contribution is -2.17. The lowest BCUT2D eigenvalue weighted by atomic mass is 10.2. The Kier molecular flexibility index (Phi) is 3.72. The fourth-order valence-electron chi connectivity index (χ4n) is 2.14. The first-order valence-corrected chi connectivity index (χ1v) is 7.30. The van der Waals surface area contributed by atoms with Gasteiger partial charge in [0.25, 0.3) is 0 Å². The zero-order chi connectivity index (χ0) is 14.1. The Morgan fingerprint density at radius 2 is 2.00 bits per heavy atom. The summed E-state index contributed by atoms with van der Waals surface area (Å²) in [6.45, 7) is 5.04. The van der Waals surface area contributed by atoms with E-state index < -0.39 is 0 Å². The van der Waals surface area contributed by atoms with Crippen LogP contribution in [0.5, 0.6) is 11.5 Å². The zero-order valence-corrected chi connectivity index (χ0v) is 13.0. The van der Waals surface area contributed by atoms with E-state index in [0.29, 0.717) is 6.79 Å². The summed E-state index contributed by atoms with van der Waals surface area (Å²) in [4.78, 5) is 0. The summed E-state index contributed by atoms with van der Waals surface area (Å²) >= 11 is 3.56. The molecule has 0 amide bonds. The van der Waals surface area contributed by atoms with Crippen LogP contribution in [-0.2, 0) is 6.54 Å². The number of nitrogens with one attached hydrogen (secondary N) is 1. The standard InChI is InChI=1S/C15H16BrNO3/c1-9-3-4-13(20-9)10(2)17-7-11-5-14-15(6-12(11)16)19-8-18-14/h3-6,10,17H,7-8H2,1-2H3. The summed E-state index contributed by atoms with van der Waals surface area (Å²) in [6, 6.07) is 8.08.